The van der Waals surface area contributed by atoms with Crippen LogP contribution in [0.2, 0.25) is 10.0 Å². The molecule has 0 saturated carbocycles. The molecule has 1 heterocycles. The van der Waals surface area contributed by atoms with Gasteiger partial charge in [-0.05, 0) is 60.4 Å². The Kier molecular flexibility index (Phi) is 8.26. The number of hydrogen-bond donors (Lipinski definition) is 2. The fourth-order valence-electron chi connectivity index (χ4n) is 5.20. The van der Waals surface area contributed by atoms with Crippen molar-refractivity contribution in [3.8, 4) is 5.75 Å². The minimum atomic E-state index is -1.32. The van der Waals surface area contributed by atoms with Crippen LogP contribution in [0.3, 0.4) is 0 Å². The van der Waals surface area contributed by atoms with E-state index in [1.807, 2.05) is 36.4 Å². The first-order chi connectivity index (χ1) is 18.9. The number of benzene rings is 3. The van der Waals surface area contributed by atoms with Gasteiger partial charge in [-0.15, -0.1) is 6.58 Å². The van der Waals surface area contributed by atoms with Gasteiger partial charge in [-0.3, -0.25) is 4.79 Å². The third kappa shape index (κ3) is 5.69. The van der Waals surface area contributed by atoms with Crippen LogP contribution in [0.1, 0.15) is 41.2 Å². The van der Waals surface area contributed by atoms with E-state index >= 15 is 0 Å². The van der Waals surface area contributed by atoms with Gasteiger partial charge in [-0.2, -0.15) is 0 Å². The Morgan fingerprint density at radius 3 is 2.49 bits per heavy atom. The van der Waals surface area contributed by atoms with Crippen LogP contribution >= 0.6 is 23.2 Å². The normalized spacial score (nSPS) is 20.2. The Labute approximate surface area is 238 Å². The molecule has 5 rings (SSSR count). The van der Waals surface area contributed by atoms with Crippen LogP contribution in [-0.2, 0) is 22.4 Å². The van der Waals surface area contributed by atoms with Gasteiger partial charge < -0.3 is 19.9 Å². The van der Waals surface area contributed by atoms with Crippen molar-refractivity contribution >= 4 is 35.0 Å². The summed E-state index contributed by atoms with van der Waals surface area (Å²) in [7, 11) is 0. The number of ether oxygens (including phenoxy) is 2. The second kappa shape index (κ2) is 11.8. The van der Waals surface area contributed by atoms with Crippen molar-refractivity contribution in [1.29, 1.82) is 0 Å². The van der Waals surface area contributed by atoms with E-state index in [4.69, 9.17) is 42.8 Å². The van der Waals surface area contributed by atoms with Gasteiger partial charge in [-0.25, -0.2) is 4.99 Å². The van der Waals surface area contributed by atoms with Crippen molar-refractivity contribution < 1.29 is 19.4 Å². The Morgan fingerprint density at radius 1 is 1.13 bits per heavy atom. The van der Waals surface area contributed by atoms with Crippen molar-refractivity contribution in [2.75, 3.05) is 13.2 Å². The maximum Gasteiger partial charge on any atom is 0.252 e. The number of aliphatic imine (C=N–C) groups is 1. The van der Waals surface area contributed by atoms with E-state index in [-0.39, 0.29) is 25.0 Å². The number of rotatable bonds is 10. The Balaban J connectivity index is 1.48. The average molecular weight is 565 g/mol. The highest BCUT2D eigenvalue weighted by Gasteiger charge is 2.53. The lowest BCUT2D eigenvalue weighted by molar-refractivity contribution is -0.129. The molecule has 2 aliphatic rings. The van der Waals surface area contributed by atoms with E-state index < -0.39 is 11.6 Å². The first-order valence-corrected chi connectivity index (χ1v) is 13.7. The summed E-state index contributed by atoms with van der Waals surface area (Å²) in [4.78, 5) is 19.1. The molecule has 0 fully saturated rings. The molecule has 1 aliphatic carbocycles. The number of nitrogens with zero attached hydrogens (tertiary/aromatic N) is 1. The number of hydrogen-bond acceptors (Lipinski definition) is 5. The monoisotopic (exact) mass is 564 g/mol. The van der Waals surface area contributed by atoms with Crippen LogP contribution in [0.15, 0.2) is 84.4 Å². The molecule has 202 valence electrons. The van der Waals surface area contributed by atoms with Crippen LogP contribution in [0, 0.1) is 0 Å². The molecule has 3 aromatic rings. The summed E-state index contributed by atoms with van der Waals surface area (Å²) < 4.78 is 12.1. The first kappa shape index (κ1) is 27.3. The lowest BCUT2D eigenvalue weighted by Crippen LogP contribution is -2.51. The molecule has 0 spiro atoms. The smallest absolute Gasteiger partial charge is 0.252 e. The van der Waals surface area contributed by atoms with E-state index in [2.05, 4.69) is 24.0 Å². The third-order valence-corrected chi connectivity index (χ3v) is 7.68. The van der Waals surface area contributed by atoms with E-state index in [1.165, 1.54) is 11.1 Å². The van der Waals surface area contributed by atoms with Crippen LogP contribution < -0.4 is 10.1 Å². The number of fused-ring (bicyclic) bond motifs is 1. The van der Waals surface area contributed by atoms with Crippen molar-refractivity contribution in [2.24, 2.45) is 4.99 Å². The predicted molar refractivity (Wildman–Crippen MR) is 154 cm³/mol. The van der Waals surface area contributed by atoms with Gasteiger partial charge in [0.1, 0.15) is 5.75 Å². The molecule has 0 radical (unpaired) electrons. The molecule has 6 nitrogen and oxygen atoms in total. The molecule has 0 unspecified atom stereocenters. The molecule has 1 aliphatic heterocycles. The van der Waals surface area contributed by atoms with Gasteiger partial charge in [0.15, 0.2) is 11.6 Å². The predicted octanol–water partition coefficient (Wildman–Crippen LogP) is 5.87. The van der Waals surface area contributed by atoms with E-state index in [9.17, 15) is 4.79 Å². The van der Waals surface area contributed by atoms with Crippen LogP contribution in [0.4, 0.5) is 0 Å². The van der Waals surface area contributed by atoms with Crippen molar-refractivity contribution in [1.82, 2.24) is 5.32 Å². The summed E-state index contributed by atoms with van der Waals surface area (Å²) in [5.41, 5.74) is 2.48. The number of nitrogens with one attached hydrogen (secondary N) is 1. The first-order valence-electron chi connectivity index (χ1n) is 13.0. The molecule has 39 heavy (non-hydrogen) atoms. The van der Waals surface area contributed by atoms with Gasteiger partial charge in [0, 0.05) is 46.7 Å². The zero-order chi connectivity index (χ0) is 27.4. The van der Waals surface area contributed by atoms with Crippen LogP contribution in [0.5, 0.6) is 5.75 Å². The molecule has 3 aromatic carbocycles. The highest BCUT2D eigenvalue weighted by atomic mass is 35.5. The SMILES string of the molecule is C=CC[C@@]1(C(=O)NC2Cc3ccccc3C2)N=C(c2ccc(OCCCO)cc2)O[C@@H]1c1ccc(Cl)cc1Cl. The number of carbonyl (C=O) groups excluding carboxylic acids is 1. The van der Waals surface area contributed by atoms with E-state index in [1.54, 1.807) is 24.3 Å². The third-order valence-electron chi connectivity index (χ3n) is 7.12. The second-order valence-corrected chi connectivity index (χ2v) is 10.6. The maximum atomic E-state index is 14.1. The quantitative estimate of drug-likeness (QED) is 0.238. The Hall–Kier alpha value is -3.32. The van der Waals surface area contributed by atoms with Gasteiger partial charge in [0.05, 0.1) is 6.61 Å². The molecule has 2 N–H and O–H groups in total. The summed E-state index contributed by atoms with van der Waals surface area (Å²) in [5.74, 6) is 0.758. The summed E-state index contributed by atoms with van der Waals surface area (Å²) in [6, 6.07) is 20.6. The topological polar surface area (TPSA) is 80.2 Å². The van der Waals surface area contributed by atoms with E-state index in [0.29, 0.717) is 45.8 Å². The zero-order valence-electron chi connectivity index (χ0n) is 21.4. The largest absolute Gasteiger partial charge is 0.494 e. The Bertz CT molecular complexity index is 1370. The van der Waals surface area contributed by atoms with Crippen molar-refractivity contribution in [3.63, 3.8) is 0 Å². The average Bonchev–Trinajstić information content (AvgIpc) is 3.51. The van der Waals surface area contributed by atoms with Gasteiger partial charge in [0.25, 0.3) is 5.91 Å². The zero-order valence-corrected chi connectivity index (χ0v) is 22.9. The fourth-order valence-corrected chi connectivity index (χ4v) is 5.71. The minimum absolute atomic E-state index is 0.0486. The highest BCUT2D eigenvalue weighted by molar-refractivity contribution is 6.35. The summed E-state index contributed by atoms with van der Waals surface area (Å²) in [5, 5.41) is 13.1. The minimum Gasteiger partial charge on any atom is -0.494 e. The number of carbonyl (C=O) groups is 1. The number of aliphatic hydroxyl groups is 1. The lowest BCUT2D eigenvalue weighted by atomic mass is 9.84. The van der Waals surface area contributed by atoms with Gasteiger partial charge in [0.2, 0.25) is 5.90 Å². The van der Waals surface area contributed by atoms with Crippen molar-refractivity contribution in [2.45, 2.75) is 43.4 Å². The lowest BCUT2D eigenvalue weighted by Gasteiger charge is -2.31. The summed E-state index contributed by atoms with van der Waals surface area (Å²) in [6.45, 7) is 4.41. The molecule has 0 saturated heterocycles. The number of halogens is 2. The molecule has 0 aromatic heterocycles. The number of amides is 1. The van der Waals surface area contributed by atoms with E-state index in [0.717, 1.165) is 12.8 Å². The van der Waals surface area contributed by atoms with Gasteiger partial charge in [-0.1, -0.05) is 59.6 Å². The van der Waals surface area contributed by atoms with Crippen LogP contribution in [0.25, 0.3) is 0 Å². The molecular formula is C31H30Cl2N2O4. The Morgan fingerprint density at radius 2 is 1.85 bits per heavy atom. The van der Waals surface area contributed by atoms with Crippen molar-refractivity contribution in [3.05, 3.63) is 112 Å². The fraction of sp³-hybridized carbons (Fsp3) is 0.290. The molecule has 8 heteroatoms. The second-order valence-electron chi connectivity index (χ2n) is 9.80. The summed E-state index contributed by atoms with van der Waals surface area (Å²) in [6.07, 6.45) is 3.20. The highest BCUT2D eigenvalue weighted by Crippen LogP contribution is 2.45. The van der Waals surface area contributed by atoms with Gasteiger partial charge >= 0.3 is 0 Å². The molecular weight excluding hydrogens is 535 g/mol. The standard InChI is InChI=1S/C31H30Cl2N2O4/c1-2-14-31(30(37)34-24-17-21-6-3-4-7-22(21)18-24)28(26-13-10-23(32)19-27(26)33)39-29(35-31)20-8-11-25(12-9-20)38-16-5-15-36/h2-4,6-13,19,24,28,36H,1,5,14-18H2,(H,34,37)/t28-,31-/m1/s1. The molecule has 0 bridgehead atoms. The maximum absolute atomic E-state index is 14.1. The number of aliphatic hydroxyl groups excluding tert-OH is 1. The molecule has 1 amide bonds. The molecule has 2 atom stereocenters. The van der Waals surface area contributed by atoms with Crippen LogP contribution in [-0.4, -0.2) is 41.7 Å². The summed E-state index contributed by atoms with van der Waals surface area (Å²) >= 11 is 12.8.